The van der Waals surface area contributed by atoms with E-state index in [9.17, 15) is 0 Å². The molecule has 0 spiro atoms. The van der Waals surface area contributed by atoms with E-state index in [0.717, 1.165) is 17.0 Å². The van der Waals surface area contributed by atoms with Crippen LogP contribution in [0.4, 0.5) is 0 Å². The Morgan fingerprint density at radius 2 is 2.18 bits per heavy atom. The number of halogens is 1. The molecular weight excluding hydrogens is 234 g/mol. The van der Waals surface area contributed by atoms with Gasteiger partial charge in [-0.15, -0.1) is 0 Å². The Hall–Kier alpha value is -1.32. The lowest BCUT2D eigenvalue weighted by molar-refractivity contribution is 0.458. The van der Waals surface area contributed by atoms with E-state index in [1.165, 1.54) is 0 Å². The fourth-order valence-electron chi connectivity index (χ4n) is 1.98. The third kappa shape index (κ3) is 2.51. The molecule has 0 aliphatic rings. The van der Waals surface area contributed by atoms with E-state index in [1.807, 2.05) is 35.0 Å². The molecular formula is C13H16ClN3. The number of nitrogens with two attached hydrogens (primary N) is 1. The Morgan fingerprint density at radius 3 is 2.76 bits per heavy atom. The molecule has 2 unspecified atom stereocenters. The lowest BCUT2D eigenvalue weighted by Gasteiger charge is -2.25. The summed E-state index contributed by atoms with van der Waals surface area (Å²) in [7, 11) is 0. The Labute approximate surface area is 106 Å². The van der Waals surface area contributed by atoms with Gasteiger partial charge in [-0.1, -0.05) is 36.7 Å². The SMILES string of the molecule is CCC(N)C(c1ccccc1Cl)n1ccnc1. The molecule has 0 aliphatic carbocycles. The van der Waals surface area contributed by atoms with Crippen molar-refractivity contribution < 1.29 is 0 Å². The van der Waals surface area contributed by atoms with E-state index >= 15 is 0 Å². The van der Waals surface area contributed by atoms with Crippen molar-refractivity contribution in [1.29, 1.82) is 0 Å². The smallest absolute Gasteiger partial charge is 0.0952 e. The zero-order chi connectivity index (χ0) is 12.3. The molecule has 4 heteroatoms. The number of aromatic nitrogens is 2. The minimum atomic E-state index is 0.0177. The van der Waals surface area contributed by atoms with E-state index in [-0.39, 0.29) is 12.1 Å². The largest absolute Gasteiger partial charge is 0.328 e. The molecule has 17 heavy (non-hydrogen) atoms. The van der Waals surface area contributed by atoms with Gasteiger partial charge in [-0.05, 0) is 18.1 Å². The predicted molar refractivity (Wildman–Crippen MR) is 70.1 cm³/mol. The molecule has 1 aromatic heterocycles. The summed E-state index contributed by atoms with van der Waals surface area (Å²) >= 11 is 6.25. The molecule has 0 amide bonds. The van der Waals surface area contributed by atoms with Gasteiger partial charge in [0.05, 0.1) is 12.4 Å². The van der Waals surface area contributed by atoms with Gasteiger partial charge in [0, 0.05) is 23.5 Å². The normalized spacial score (nSPS) is 14.5. The second-order valence-corrected chi connectivity index (χ2v) is 4.46. The standard InChI is InChI=1S/C13H16ClN3/c1-2-12(15)13(17-8-7-16-9-17)10-5-3-4-6-11(10)14/h3-9,12-13H,2,15H2,1H3. The summed E-state index contributed by atoms with van der Waals surface area (Å²) < 4.78 is 2.01. The van der Waals surface area contributed by atoms with Gasteiger partial charge >= 0.3 is 0 Å². The number of rotatable bonds is 4. The first-order chi connectivity index (χ1) is 8.24. The lowest BCUT2D eigenvalue weighted by atomic mass is 9.98. The highest BCUT2D eigenvalue weighted by molar-refractivity contribution is 6.31. The maximum absolute atomic E-state index is 6.25. The van der Waals surface area contributed by atoms with Crippen LogP contribution in [-0.2, 0) is 0 Å². The first-order valence-electron chi connectivity index (χ1n) is 5.71. The van der Waals surface area contributed by atoms with Crippen molar-refractivity contribution in [3.05, 3.63) is 53.6 Å². The Balaban J connectivity index is 2.44. The van der Waals surface area contributed by atoms with Crippen molar-refractivity contribution in [3.8, 4) is 0 Å². The maximum Gasteiger partial charge on any atom is 0.0952 e. The van der Waals surface area contributed by atoms with Crippen LogP contribution in [0.25, 0.3) is 0 Å². The molecule has 0 aliphatic heterocycles. The topological polar surface area (TPSA) is 43.8 Å². The molecule has 2 N–H and O–H groups in total. The molecule has 0 saturated carbocycles. The highest BCUT2D eigenvalue weighted by atomic mass is 35.5. The number of benzene rings is 1. The summed E-state index contributed by atoms with van der Waals surface area (Å²) in [6.45, 7) is 2.07. The minimum absolute atomic E-state index is 0.0177. The molecule has 2 aromatic rings. The second kappa shape index (κ2) is 5.34. The van der Waals surface area contributed by atoms with Crippen molar-refractivity contribution >= 4 is 11.6 Å². The number of nitrogens with zero attached hydrogens (tertiary/aromatic N) is 2. The zero-order valence-corrected chi connectivity index (χ0v) is 10.5. The molecule has 0 radical (unpaired) electrons. The number of hydrogen-bond donors (Lipinski definition) is 1. The monoisotopic (exact) mass is 249 g/mol. The van der Waals surface area contributed by atoms with Gasteiger partial charge in [0.25, 0.3) is 0 Å². The van der Waals surface area contributed by atoms with Crippen LogP contribution in [0.3, 0.4) is 0 Å². The van der Waals surface area contributed by atoms with E-state index < -0.39 is 0 Å². The third-order valence-electron chi connectivity index (χ3n) is 2.95. The summed E-state index contributed by atoms with van der Waals surface area (Å²) in [5.74, 6) is 0. The van der Waals surface area contributed by atoms with Crippen LogP contribution >= 0.6 is 11.6 Å². The van der Waals surface area contributed by atoms with Gasteiger partial charge in [0.15, 0.2) is 0 Å². The van der Waals surface area contributed by atoms with Crippen LogP contribution in [0.2, 0.25) is 5.02 Å². The first kappa shape index (κ1) is 12.1. The number of imidazole rings is 1. The minimum Gasteiger partial charge on any atom is -0.328 e. The Morgan fingerprint density at radius 1 is 1.41 bits per heavy atom. The Bertz CT molecular complexity index is 467. The van der Waals surface area contributed by atoms with E-state index in [2.05, 4.69) is 11.9 Å². The van der Waals surface area contributed by atoms with Crippen molar-refractivity contribution in [2.45, 2.75) is 25.4 Å². The first-order valence-corrected chi connectivity index (χ1v) is 6.09. The maximum atomic E-state index is 6.25. The fraction of sp³-hybridized carbons (Fsp3) is 0.308. The van der Waals surface area contributed by atoms with Gasteiger partial charge in [0.2, 0.25) is 0 Å². The average molecular weight is 250 g/mol. The fourth-order valence-corrected chi connectivity index (χ4v) is 2.23. The van der Waals surface area contributed by atoms with E-state index in [4.69, 9.17) is 17.3 Å². The van der Waals surface area contributed by atoms with E-state index in [1.54, 1.807) is 12.5 Å². The average Bonchev–Trinajstić information content (AvgIpc) is 2.85. The highest BCUT2D eigenvalue weighted by Gasteiger charge is 2.21. The van der Waals surface area contributed by atoms with Crippen LogP contribution in [0.15, 0.2) is 43.0 Å². The van der Waals surface area contributed by atoms with E-state index in [0.29, 0.717) is 0 Å². The van der Waals surface area contributed by atoms with Crippen LogP contribution < -0.4 is 5.73 Å². The quantitative estimate of drug-likeness (QED) is 0.906. The number of hydrogen-bond acceptors (Lipinski definition) is 2. The molecule has 1 heterocycles. The lowest BCUT2D eigenvalue weighted by Crippen LogP contribution is -2.32. The molecule has 0 saturated heterocycles. The molecule has 3 nitrogen and oxygen atoms in total. The predicted octanol–water partition coefficient (Wildman–Crippen LogP) is 2.86. The van der Waals surface area contributed by atoms with Gasteiger partial charge < -0.3 is 10.3 Å². The van der Waals surface area contributed by atoms with Crippen molar-refractivity contribution in [2.75, 3.05) is 0 Å². The summed E-state index contributed by atoms with van der Waals surface area (Å²) in [5, 5.41) is 0.745. The molecule has 0 bridgehead atoms. The molecule has 90 valence electrons. The zero-order valence-electron chi connectivity index (χ0n) is 9.75. The van der Waals surface area contributed by atoms with Crippen molar-refractivity contribution in [3.63, 3.8) is 0 Å². The van der Waals surface area contributed by atoms with Crippen LogP contribution in [0, 0.1) is 0 Å². The van der Waals surface area contributed by atoms with Crippen molar-refractivity contribution in [2.24, 2.45) is 5.73 Å². The molecule has 2 rings (SSSR count). The second-order valence-electron chi connectivity index (χ2n) is 4.05. The van der Waals surface area contributed by atoms with Gasteiger partial charge in [-0.3, -0.25) is 0 Å². The molecule has 1 aromatic carbocycles. The van der Waals surface area contributed by atoms with Crippen LogP contribution in [-0.4, -0.2) is 15.6 Å². The molecule has 0 fully saturated rings. The molecule has 2 atom stereocenters. The third-order valence-corrected chi connectivity index (χ3v) is 3.29. The van der Waals surface area contributed by atoms with Crippen LogP contribution in [0.5, 0.6) is 0 Å². The summed E-state index contributed by atoms with van der Waals surface area (Å²) in [5.41, 5.74) is 7.25. The summed E-state index contributed by atoms with van der Waals surface area (Å²) in [6, 6.07) is 7.87. The Kier molecular flexibility index (Phi) is 3.82. The summed E-state index contributed by atoms with van der Waals surface area (Å²) in [4.78, 5) is 4.08. The van der Waals surface area contributed by atoms with Crippen LogP contribution in [0.1, 0.15) is 24.9 Å². The van der Waals surface area contributed by atoms with Crippen molar-refractivity contribution in [1.82, 2.24) is 9.55 Å². The summed E-state index contributed by atoms with van der Waals surface area (Å²) in [6.07, 6.45) is 6.34. The van der Waals surface area contributed by atoms with Gasteiger partial charge in [-0.2, -0.15) is 0 Å². The van der Waals surface area contributed by atoms with Gasteiger partial charge in [0.1, 0.15) is 0 Å². The van der Waals surface area contributed by atoms with Gasteiger partial charge in [-0.25, -0.2) is 4.98 Å². The highest BCUT2D eigenvalue weighted by Crippen LogP contribution is 2.28.